The van der Waals surface area contributed by atoms with Crippen LogP contribution in [0.4, 0.5) is 8.78 Å². The molecule has 0 aliphatic heterocycles. The summed E-state index contributed by atoms with van der Waals surface area (Å²) in [5.41, 5.74) is 3.98. The minimum absolute atomic E-state index is 0.145. The third-order valence-corrected chi connectivity index (χ3v) is 0.823. The molecular formula is C6H9F2NO2. The zero-order valence-electron chi connectivity index (χ0n) is 6.01. The highest BCUT2D eigenvalue weighted by Gasteiger charge is 2.08. The Hall–Kier alpha value is -1.13. The van der Waals surface area contributed by atoms with Crippen LogP contribution in [0.1, 0.15) is 6.92 Å². The summed E-state index contributed by atoms with van der Waals surface area (Å²) in [5, 5.41) is 0. The SMILES string of the molecule is CCOC(=O)/C=C(\N)C(F)F. The van der Waals surface area contributed by atoms with Crippen molar-refractivity contribution in [1.29, 1.82) is 0 Å². The minimum atomic E-state index is -2.81. The van der Waals surface area contributed by atoms with Crippen LogP contribution in [0.25, 0.3) is 0 Å². The fraction of sp³-hybridized carbons (Fsp3) is 0.500. The quantitative estimate of drug-likeness (QED) is 0.493. The van der Waals surface area contributed by atoms with Crippen molar-refractivity contribution in [1.82, 2.24) is 0 Å². The van der Waals surface area contributed by atoms with Crippen molar-refractivity contribution in [2.75, 3.05) is 6.61 Å². The summed E-state index contributed by atoms with van der Waals surface area (Å²) in [6, 6.07) is 0. The number of hydrogen-bond donors (Lipinski definition) is 1. The smallest absolute Gasteiger partial charge is 0.332 e. The second-order valence-electron chi connectivity index (χ2n) is 1.70. The molecule has 0 aromatic heterocycles. The average Bonchev–Trinajstić information content (AvgIpc) is 1.87. The molecule has 0 atom stereocenters. The molecule has 0 aromatic carbocycles. The van der Waals surface area contributed by atoms with Crippen molar-refractivity contribution in [2.45, 2.75) is 13.3 Å². The van der Waals surface area contributed by atoms with Crippen molar-refractivity contribution < 1.29 is 18.3 Å². The molecule has 0 spiro atoms. The number of ether oxygens (including phenoxy) is 1. The highest BCUT2D eigenvalue weighted by atomic mass is 19.3. The Morgan fingerprint density at radius 1 is 1.73 bits per heavy atom. The Morgan fingerprint density at radius 2 is 2.27 bits per heavy atom. The first-order valence-corrected chi connectivity index (χ1v) is 3.00. The van der Waals surface area contributed by atoms with Crippen LogP contribution in [-0.2, 0) is 9.53 Å². The molecule has 0 rings (SSSR count). The van der Waals surface area contributed by atoms with E-state index in [0.717, 1.165) is 0 Å². The summed E-state index contributed by atoms with van der Waals surface area (Å²) < 4.78 is 27.6. The predicted molar refractivity (Wildman–Crippen MR) is 34.9 cm³/mol. The summed E-state index contributed by atoms with van der Waals surface area (Å²) in [6.07, 6.45) is -2.23. The second kappa shape index (κ2) is 4.65. The zero-order valence-corrected chi connectivity index (χ0v) is 6.01. The van der Waals surface area contributed by atoms with Gasteiger partial charge in [-0.25, -0.2) is 13.6 Å². The number of nitrogens with two attached hydrogens (primary N) is 1. The van der Waals surface area contributed by atoms with E-state index >= 15 is 0 Å². The molecule has 0 radical (unpaired) electrons. The van der Waals surface area contributed by atoms with Crippen molar-refractivity contribution in [3.8, 4) is 0 Å². The molecule has 5 heteroatoms. The third-order valence-electron chi connectivity index (χ3n) is 0.823. The number of allylic oxidation sites excluding steroid dienone is 1. The molecule has 0 aliphatic carbocycles. The first-order valence-electron chi connectivity index (χ1n) is 3.00. The van der Waals surface area contributed by atoms with Crippen molar-refractivity contribution in [2.24, 2.45) is 5.73 Å². The van der Waals surface area contributed by atoms with Gasteiger partial charge in [-0.3, -0.25) is 0 Å². The standard InChI is InChI=1S/C6H9F2NO2/c1-2-11-5(10)3-4(9)6(7)8/h3,6H,2,9H2,1H3/b4-3-. The van der Waals surface area contributed by atoms with E-state index in [9.17, 15) is 13.6 Å². The highest BCUT2D eigenvalue weighted by Crippen LogP contribution is 2.01. The fourth-order valence-corrected chi connectivity index (χ4v) is 0.383. The Balaban J connectivity index is 3.97. The first kappa shape index (κ1) is 9.87. The lowest BCUT2D eigenvalue weighted by molar-refractivity contribution is -0.137. The Morgan fingerprint density at radius 3 is 2.64 bits per heavy atom. The number of rotatable bonds is 3. The van der Waals surface area contributed by atoms with Gasteiger partial charge in [0, 0.05) is 6.08 Å². The lowest BCUT2D eigenvalue weighted by atomic mass is 10.4. The molecule has 0 aromatic rings. The van der Waals surface area contributed by atoms with E-state index in [0.29, 0.717) is 6.08 Å². The van der Waals surface area contributed by atoms with Crippen molar-refractivity contribution in [3.63, 3.8) is 0 Å². The molecule has 0 saturated carbocycles. The summed E-state index contributed by atoms with van der Waals surface area (Å²) in [6.45, 7) is 1.72. The van der Waals surface area contributed by atoms with E-state index in [1.54, 1.807) is 6.92 Å². The summed E-state index contributed by atoms with van der Waals surface area (Å²) in [5.74, 6) is -0.842. The molecule has 3 nitrogen and oxygen atoms in total. The average molecular weight is 165 g/mol. The van der Waals surface area contributed by atoms with Crippen LogP contribution >= 0.6 is 0 Å². The van der Waals surface area contributed by atoms with Crippen LogP contribution in [0, 0.1) is 0 Å². The lowest BCUT2D eigenvalue weighted by Crippen LogP contribution is -2.11. The predicted octanol–water partition coefficient (Wildman–Crippen LogP) is 0.657. The molecule has 2 N–H and O–H groups in total. The van der Waals surface area contributed by atoms with Gasteiger partial charge in [-0.1, -0.05) is 0 Å². The van der Waals surface area contributed by atoms with Crippen LogP contribution < -0.4 is 5.73 Å². The molecule has 0 saturated heterocycles. The van der Waals surface area contributed by atoms with Gasteiger partial charge in [0.1, 0.15) is 0 Å². The van der Waals surface area contributed by atoms with Crippen LogP contribution in [0.2, 0.25) is 0 Å². The molecule has 0 unspecified atom stereocenters. The van der Waals surface area contributed by atoms with Crippen LogP contribution in [-0.4, -0.2) is 19.0 Å². The van der Waals surface area contributed by atoms with Gasteiger partial charge >= 0.3 is 5.97 Å². The zero-order chi connectivity index (χ0) is 8.85. The Kier molecular flexibility index (Phi) is 4.17. The normalized spacial score (nSPS) is 11.8. The highest BCUT2D eigenvalue weighted by molar-refractivity contribution is 5.82. The maximum absolute atomic E-state index is 11.6. The van der Waals surface area contributed by atoms with Crippen LogP contribution in [0.15, 0.2) is 11.8 Å². The van der Waals surface area contributed by atoms with Gasteiger partial charge in [0.2, 0.25) is 0 Å². The molecular weight excluding hydrogens is 156 g/mol. The Labute approximate surface area is 62.8 Å². The number of alkyl halides is 2. The van der Waals surface area contributed by atoms with E-state index in [4.69, 9.17) is 5.73 Å². The number of carbonyl (C=O) groups is 1. The minimum Gasteiger partial charge on any atom is -0.463 e. The Bertz CT molecular complexity index is 168. The summed E-state index contributed by atoms with van der Waals surface area (Å²) in [7, 11) is 0. The molecule has 0 fully saturated rings. The van der Waals surface area contributed by atoms with Crippen molar-refractivity contribution >= 4 is 5.97 Å². The third kappa shape index (κ3) is 4.30. The number of esters is 1. The second-order valence-corrected chi connectivity index (χ2v) is 1.70. The maximum Gasteiger partial charge on any atom is 0.332 e. The molecule has 0 heterocycles. The topological polar surface area (TPSA) is 52.3 Å². The van der Waals surface area contributed by atoms with E-state index < -0.39 is 18.1 Å². The summed E-state index contributed by atoms with van der Waals surface area (Å²) >= 11 is 0. The monoisotopic (exact) mass is 165 g/mol. The van der Waals surface area contributed by atoms with E-state index in [1.165, 1.54) is 0 Å². The molecule has 11 heavy (non-hydrogen) atoms. The number of carbonyl (C=O) groups excluding carboxylic acids is 1. The van der Waals surface area contributed by atoms with Gasteiger partial charge in [0.15, 0.2) is 0 Å². The summed E-state index contributed by atoms with van der Waals surface area (Å²) in [4.78, 5) is 10.4. The lowest BCUT2D eigenvalue weighted by Gasteiger charge is -1.98. The van der Waals surface area contributed by atoms with Crippen molar-refractivity contribution in [3.05, 3.63) is 11.8 Å². The largest absolute Gasteiger partial charge is 0.463 e. The van der Waals surface area contributed by atoms with Gasteiger partial charge in [0.25, 0.3) is 6.43 Å². The molecule has 0 amide bonds. The molecule has 0 aliphatic rings. The van der Waals surface area contributed by atoms with Gasteiger partial charge in [-0.05, 0) is 6.92 Å². The number of halogens is 2. The number of hydrogen-bond acceptors (Lipinski definition) is 3. The first-order chi connectivity index (χ1) is 5.07. The fourth-order valence-electron chi connectivity index (χ4n) is 0.383. The van der Waals surface area contributed by atoms with Gasteiger partial charge in [-0.15, -0.1) is 0 Å². The van der Waals surface area contributed by atoms with Gasteiger partial charge < -0.3 is 10.5 Å². The van der Waals surface area contributed by atoms with E-state index in [1.807, 2.05) is 0 Å². The maximum atomic E-state index is 11.6. The molecule has 0 bridgehead atoms. The van der Waals surface area contributed by atoms with Crippen LogP contribution in [0.3, 0.4) is 0 Å². The van der Waals surface area contributed by atoms with E-state index in [-0.39, 0.29) is 6.61 Å². The van der Waals surface area contributed by atoms with E-state index in [2.05, 4.69) is 4.74 Å². The van der Waals surface area contributed by atoms with Gasteiger partial charge in [-0.2, -0.15) is 0 Å². The van der Waals surface area contributed by atoms with Crippen LogP contribution in [0.5, 0.6) is 0 Å². The van der Waals surface area contributed by atoms with Gasteiger partial charge in [0.05, 0.1) is 12.3 Å². The molecule has 64 valence electrons.